The van der Waals surface area contributed by atoms with E-state index in [9.17, 15) is 4.79 Å². The Bertz CT molecular complexity index is 437. The lowest BCUT2D eigenvalue weighted by Crippen LogP contribution is -2.39. The lowest BCUT2D eigenvalue weighted by molar-refractivity contribution is -0.118. The molecule has 0 spiro atoms. The van der Waals surface area contributed by atoms with E-state index >= 15 is 0 Å². The minimum absolute atomic E-state index is 0.0419. The van der Waals surface area contributed by atoms with Gasteiger partial charge in [-0.05, 0) is 42.5 Å². The number of anilines is 1. The summed E-state index contributed by atoms with van der Waals surface area (Å²) in [5.74, 6) is 0.0930. The maximum Gasteiger partial charge on any atom is 0.241 e. The minimum Gasteiger partial charge on any atom is -0.325 e. The molecule has 1 fully saturated rings. The highest BCUT2D eigenvalue weighted by Gasteiger charge is 2.19. The number of rotatable bonds is 2. The Morgan fingerprint density at radius 1 is 1.15 bits per heavy atom. The van der Waals surface area contributed by atoms with Gasteiger partial charge in [-0.2, -0.15) is 0 Å². The molecule has 3 nitrogen and oxygen atoms in total. The molecule has 0 aromatic heterocycles. The molecule has 0 radical (unpaired) electrons. The average Bonchev–Trinajstić information content (AvgIpc) is 2.67. The monoisotopic (exact) mass is 274 g/mol. The number of carbonyl (C=O) groups is 1. The van der Waals surface area contributed by atoms with Crippen LogP contribution in [-0.4, -0.2) is 18.5 Å². The highest BCUT2D eigenvalue weighted by molar-refractivity contribution is 5.94. The molecule has 2 N–H and O–H groups in total. The number of benzene rings is 1. The van der Waals surface area contributed by atoms with Gasteiger partial charge < -0.3 is 10.6 Å². The molecule has 1 aliphatic heterocycles. The lowest BCUT2D eigenvalue weighted by Gasteiger charge is -2.20. The Hall–Kier alpha value is -1.35. The van der Waals surface area contributed by atoms with Crippen molar-refractivity contribution in [2.75, 3.05) is 11.9 Å². The number of hydrogen-bond acceptors (Lipinski definition) is 2. The minimum atomic E-state index is -0.0419. The van der Waals surface area contributed by atoms with Crippen molar-refractivity contribution in [3.63, 3.8) is 0 Å². The van der Waals surface area contributed by atoms with Crippen molar-refractivity contribution in [3.05, 3.63) is 29.8 Å². The molecule has 1 aromatic carbocycles. The van der Waals surface area contributed by atoms with E-state index in [1.807, 2.05) is 12.1 Å². The van der Waals surface area contributed by atoms with Gasteiger partial charge in [0.2, 0.25) is 5.91 Å². The number of amides is 1. The van der Waals surface area contributed by atoms with Crippen molar-refractivity contribution in [2.45, 2.75) is 57.9 Å². The van der Waals surface area contributed by atoms with E-state index in [1.165, 1.54) is 18.4 Å². The average molecular weight is 274 g/mol. The molecular formula is C17H26N2O. The molecule has 1 atom stereocenters. The Balaban J connectivity index is 1.97. The van der Waals surface area contributed by atoms with Crippen LogP contribution in [-0.2, 0) is 10.2 Å². The van der Waals surface area contributed by atoms with Crippen molar-refractivity contribution < 1.29 is 4.79 Å². The molecule has 0 bridgehead atoms. The number of hydrogen-bond donors (Lipinski definition) is 2. The molecule has 2 rings (SSSR count). The molecule has 1 saturated heterocycles. The molecule has 1 aliphatic rings. The van der Waals surface area contributed by atoms with E-state index in [4.69, 9.17) is 0 Å². The molecule has 0 saturated carbocycles. The van der Waals surface area contributed by atoms with Gasteiger partial charge in [-0.3, -0.25) is 4.79 Å². The van der Waals surface area contributed by atoms with Crippen LogP contribution >= 0.6 is 0 Å². The van der Waals surface area contributed by atoms with E-state index in [1.54, 1.807) is 0 Å². The summed E-state index contributed by atoms with van der Waals surface area (Å²) in [6, 6.07) is 8.14. The van der Waals surface area contributed by atoms with Gasteiger partial charge >= 0.3 is 0 Å². The Morgan fingerprint density at radius 3 is 2.50 bits per heavy atom. The van der Waals surface area contributed by atoms with Gasteiger partial charge in [0.25, 0.3) is 0 Å². The molecule has 1 aromatic rings. The van der Waals surface area contributed by atoms with Gasteiger partial charge in [0.1, 0.15) is 0 Å². The first-order chi connectivity index (χ1) is 9.47. The second-order valence-electron chi connectivity index (χ2n) is 6.67. The standard InChI is InChI=1S/C17H26N2O/c1-17(2,3)13-8-10-14(11-9-13)19-16(20)15-7-5-4-6-12-18-15/h8-11,15,18H,4-7,12H2,1-3H3,(H,19,20). The van der Waals surface area contributed by atoms with Gasteiger partial charge in [-0.15, -0.1) is 0 Å². The second kappa shape index (κ2) is 6.40. The summed E-state index contributed by atoms with van der Waals surface area (Å²) in [7, 11) is 0. The fourth-order valence-corrected chi connectivity index (χ4v) is 2.54. The first kappa shape index (κ1) is 15.0. The van der Waals surface area contributed by atoms with Crippen LogP contribution in [0, 0.1) is 0 Å². The first-order valence-electron chi connectivity index (χ1n) is 7.61. The quantitative estimate of drug-likeness (QED) is 0.867. The summed E-state index contributed by atoms with van der Waals surface area (Å²) < 4.78 is 0. The van der Waals surface area contributed by atoms with E-state index in [0.717, 1.165) is 25.1 Å². The fraction of sp³-hybridized carbons (Fsp3) is 0.588. The van der Waals surface area contributed by atoms with Crippen LogP contribution in [0.2, 0.25) is 0 Å². The van der Waals surface area contributed by atoms with Crippen LogP contribution in [0.4, 0.5) is 5.69 Å². The van der Waals surface area contributed by atoms with Crippen LogP contribution in [0.15, 0.2) is 24.3 Å². The predicted octanol–water partition coefficient (Wildman–Crippen LogP) is 3.45. The van der Waals surface area contributed by atoms with Gasteiger partial charge in [0.15, 0.2) is 0 Å². The molecule has 20 heavy (non-hydrogen) atoms. The van der Waals surface area contributed by atoms with Gasteiger partial charge in [-0.1, -0.05) is 45.7 Å². The lowest BCUT2D eigenvalue weighted by atomic mass is 9.87. The van der Waals surface area contributed by atoms with Crippen molar-refractivity contribution >= 4 is 11.6 Å². The highest BCUT2D eigenvalue weighted by atomic mass is 16.2. The Kier molecular flexibility index (Phi) is 4.81. The van der Waals surface area contributed by atoms with E-state index < -0.39 is 0 Å². The summed E-state index contributed by atoms with van der Waals surface area (Å²) >= 11 is 0. The zero-order chi connectivity index (χ0) is 14.6. The smallest absolute Gasteiger partial charge is 0.241 e. The molecular weight excluding hydrogens is 248 g/mol. The topological polar surface area (TPSA) is 41.1 Å². The van der Waals surface area contributed by atoms with Crippen molar-refractivity contribution in [2.24, 2.45) is 0 Å². The van der Waals surface area contributed by atoms with Crippen LogP contribution in [0.1, 0.15) is 52.0 Å². The maximum atomic E-state index is 12.2. The summed E-state index contributed by atoms with van der Waals surface area (Å²) in [6.07, 6.45) is 4.46. The van der Waals surface area contributed by atoms with Gasteiger partial charge in [-0.25, -0.2) is 0 Å². The van der Waals surface area contributed by atoms with Gasteiger partial charge in [0.05, 0.1) is 6.04 Å². The molecule has 110 valence electrons. The van der Waals surface area contributed by atoms with Crippen molar-refractivity contribution in [1.82, 2.24) is 5.32 Å². The largest absolute Gasteiger partial charge is 0.325 e. The number of carbonyl (C=O) groups excluding carboxylic acids is 1. The molecule has 1 unspecified atom stereocenters. The predicted molar refractivity (Wildman–Crippen MR) is 84.0 cm³/mol. The third-order valence-electron chi connectivity index (χ3n) is 3.90. The van der Waals surface area contributed by atoms with Crippen molar-refractivity contribution in [3.8, 4) is 0 Å². The third kappa shape index (κ3) is 4.07. The fourth-order valence-electron chi connectivity index (χ4n) is 2.54. The zero-order valence-electron chi connectivity index (χ0n) is 12.8. The van der Waals surface area contributed by atoms with Crippen LogP contribution in [0.3, 0.4) is 0 Å². The summed E-state index contributed by atoms with van der Waals surface area (Å²) in [5.41, 5.74) is 2.31. The van der Waals surface area contributed by atoms with Crippen LogP contribution in [0.5, 0.6) is 0 Å². The van der Waals surface area contributed by atoms with E-state index in [-0.39, 0.29) is 17.4 Å². The maximum absolute atomic E-state index is 12.2. The molecule has 3 heteroatoms. The Morgan fingerprint density at radius 2 is 1.85 bits per heavy atom. The van der Waals surface area contributed by atoms with E-state index in [2.05, 4.69) is 43.5 Å². The summed E-state index contributed by atoms with van der Waals surface area (Å²) in [5, 5.41) is 6.34. The number of nitrogens with one attached hydrogen (secondary N) is 2. The summed E-state index contributed by atoms with van der Waals surface area (Å²) in [4.78, 5) is 12.2. The second-order valence-corrected chi connectivity index (χ2v) is 6.67. The van der Waals surface area contributed by atoms with E-state index in [0.29, 0.717) is 0 Å². The summed E-state index contributed by atoms with van der Waals surface area (Å²) in [6.45, 7) is 7.52. The zero-order valence-corrected chi connectivity index (χ0v) is 12.8. The third-order valence-corrected chi connectivity index (χ3v) is 3.90. The SMILES string of the molecule is CC(C)(C)c1ccc(NC(=O)C2CCCCCN2)cc1. The Labute approximate surface area is 122 Å². The van der Waals surface area contributed by atoms with Crippen LogP contribution < -0.4 is 10.6 Å². The molecule has 0 aliphatic carbocycles. The van der Waals surface area contributed by atoms with Crippen molar-refractivity contribution in [1.29, 1.82) is 0 Å². The van der Waals surface area contributed by atoms with Crippen LogP contribution in [0.25, 0.3) is 0 Å². The molecule has 1 heterocycles. The molecule has 1 amide bonds. The van der Waals surface area contributed by atoms with Gasteiger partial charge in [0, 0.05) is 5.69 Å². The first-order valence-corrected chi connectivity index (χ1v) is 7.61. The normalized spacial score (nSPS) is 20.2. The highest BCUT2D eigenvalue weighted by Crippen LogP contribution is 2.23.